The first-order chi connectivity index (χ1) is 9.49. The van der Waals surface area contributed by atoms with E-state index in [1.54, 1.807) is 13.3 Å². The van der Waals surface area contributed by atoms with Crippen LogP contribution in [-0.2, 0) is 0 Å². The van der Waals surface area contributed by atoms with E-state index in [0.717, 1.165) is 6.54 Å². The van der Waals surface area contributed by atoms with Crippen LogP contribution < -0.4 is 0 Å². The Morgan fingerprint density at radius 3 is 1.50 bits per heavy atom. The summed E-state index contributed by atoms with van der Waals surface area (Å²) in [7, 11) is 0. The van der Waals surface area contributed by atoms with Gasteiger partial charge in [-0.25, -0.2) is 0 Å². The molecule has 0 radical (unpaired) electrons. The summed E-state index contributed by atoms with van der Waals surface area (Å²) in [5, 5.41) is 0. The van der Waals surface area contributed by atoms with Gasteiger partial charge in [-0.3, -0.25) is 0 Å². The van der Waals surface area contributed by atoms with Gasteiger partial charge in [0.05, 0.1) is 0 Å². The Morgan fingerprint density at radius 2 is 1.20 bits per heavy atom. The van der Waals surface area contributed by atoms with Gasteiger partial charge in [-0.15, -0.1) is 0 Å². The van der Waals surface area contributed by atoms with Gasteiger partial charge in [0.15, 0.2) is 0 Å². The van der Waals surface area contributed by atoms with E-state index in [4.69, 9.17) is 0 Å². The second-order valence-corrected chi connectivity index (χ2v) is 22.2. The summed E-state index contributed by atoms with van der Waals surface area (Å²) in [4.78, 5) is 4.66. The Kier molecular flexibility index (Phi) is 11.4. The molecule has 0 aliphatic heterocycles. The third-order valence-corrected chi connectivity index (χ3v) is 24.4. The Balaban J connectivity index is 5.24. The summed E-state index contributed by atoms with van der Waals surface area (Å²) in [6.07, 6.45) is 10.8. The van der Waals surface area contributed by atoms with Crippen LogP contribution >= 0.6 is 0 Å². The van der Waals surface area contributed by atoms with Crippen molar-refractivity contribution in [2.24, 2.45) is 4.99 Å². The third kappa shape index (κ3) is 6.49. The van der Waals surface area contributed by atoms with Gasteiger partial charge in [0.2, 0.25) is 0 Å². The number of rotatable bonds is 12. The van der Waals surface area contributed by atoms with Crippen molar-refractivity contribution in [1.29, 1.82) is 0 Å². The molecule has 0 atom stereocenters. The summed E-state index contributed by atoms with van der Waals surface area (Å²) in [5.41, 5.74) is 0. The maximum atomic E-state index is 4.66. The molecular weight excluding hydrogens is 349 g/mol. The van der Waals surface area contributed by atoms with Gasteiger partial charge in [0, 0.05) is 0 Å². The molecule has 0 aliphatic rings. The molecule has 0 spiro atoms. The van der Waals surface area contributed by atoms with Crippen molar-refractivity contribution in [3.63, 3.8) is 0 Å². The molecule has 2 heteroatoms. The Labute approximate surface area is 132 Å². The molecule has 120 valence electrons. The predicted molar refractivity (Wildman–Crippen MR) is 98.0 cm³/mol. The number of aliphatic imine (C=N–C) groups is 1. The summed E-state index contributed by atoms with van der Waals surface area (Å²) >= 11 is -2.16. The molecule has 0 rings (SSSR count). The van der Waals surface area contributed by atoms with Crippen molar-refractivity contribution in [3.05, 3.63) is 0 Å². The summed E-state index contributed by atoms with van der Waals surface area (Å²) < 4.78 is 5.17. The molecule has 0 fully saturated rings. The zero-order chi connectivity index (χ0) is 15.5. The molecule has 0 amide bonds. The van der Waals surface area contributed by atoms with Gasteiger partial charge < -0.3 is 0 Å². The fraction of sp³-hybridized carbons (Fsp3) is 0.944. The average molecular weight is 388 g/mol. The van der Waals surface area contributed by atoms with Gasteiger partial charge in [0.1, 0.15) is 0 Å². The molecule has 0 aromatic heterocycles. The van der Waals surface area contributed by atoms with Crippen molar-refractivity contribution in [1.82, 2.24) is 0 Å². The van der Waals surface area contributed by atoms with Crippen molar-refractivity contribution < 1.29 is 0 Å². The molecule has 0 heterocycles. The van der Waals surface area contributed by atoms with Crippen LogP contribution in [0, 0.1) is 0 Å². The average Bonchev–Trinajstić information content (AvgIpc) is 2.44. The van der Waals surface area contributed by atoms with Crippen LogP contribution in [0.2, 0.25) is 16.7 Å². The van der Waals surface area contributed by atoms with Crippen LogP contribution in [0.5, 0.6) is 0 Å². The zero-order valence-corrected chi connectivity index (χ0v) is 17.9. The fourth-order valence-corrected chi connectivity index (χ4v) is 20.9. The normalized spacial score (nSPS) is 13.3. The van der Waals surface area contributed by atoms with E-state index in [1.165, 1.54) is 38.5 Å². The SMILES string of the molecule is CCC[CH2][Sn]([CH2]CCC)([CH2]CCC)[C](C)(C)C=NCC. The Hall–Kier alpha value is 0.469. The van der Waals surface area contributed by atoms with E-state index in [1.807, 2.05) is 0 Å². The Morgan fingerprint density at radius 1 is 0.800 bits per heavy atom. The van der Waals surface area contributed by atoms with Crippen LogP contribution in [0.15, 0.2) is 4.99 Å². The molecule has 0 aromatic carbocycles. The molecule has 0 saturated heterocycles. The van der Waals surface area contributed by atoms with Crippen LogP contribution in [0.3, 0.4) is 0 Å². The third-order valence-electron chi connectivity index (χ3n) is 4.99. The van der Waals surface area contributed by atoms with E-state index in [9.17, 15) is 0 Å². The van der Waals surface area contributed by atoms with Crippen molar-refractivity contribution >= 4 is 24.6 Å². The van der Waals surface area contributed by atoms with E-state index in [-0.39, 0.29) is 0 Å². The van der Waals surface area contributed by atoms with Crippen molar-refractivity contribution in [3.8, 4) is 0 Å². The van der Waals surface area contributed by atoms with E-state index in [2.05, 4.69) is 52.7 Å². The monoisotopic (exact) mass is 389 g/mol. The zero-order valence-electron chi connectivity index (χ0n) is 15.1. The first kappa shape index (κ1) is 20.5. The second kappa shape index (κ2) is 11.1. The summed E-state index contributed by atoms with van der Waals surface area (Å²) in [5.74, 6) is 0. The molecule has 20 heavy (non-hydrogen) atoms. The van der Waals surface area contributed by atoms with Crippen molar-refractivity contribution in [2.45, 2.75) is 96.8 Å². The van der Waals surface area contributed by atoms with Crippen LogP contribution in [0.1, 0.15) is 80.1 Å². The molecule has 1 nitrogen and oxygen atoms in total. The summed E-state index contributed by atoms with van der Waals surface area (Å²) in [6.45, 7) is 15.2. The standard InChI is InChI=1S/C6H12N.3C4H9.Sn/c1-4-7-5-6(2)3;3*1-3-4-2;/h5H,4H2,1-3H3;3*1,3-4H2,2H3;. The number of hydrogen-bond donors (Lipinski definition) is 0. The first-order valence-corrected chi connectivity index (χ1v) is 16.5. The fourth-order valence-electron chi connectivity index (χ4n) is 3.34. The van der Waals surface area contributed by atoms with Gasteiger partial charge in [-0.1, -0.05) is 0 Å². The Bertz CT molecular complexity index is 236. The molecule has 0 bridgehead atoms. The van der Waals surface area contributed by atoms with E-state index in [0.29, 0.717) is 3.43 Å². The van der Waals surface area contributed by atoms with Crippen molar-refractivity contribution in [2.75, 3.05) is 6.54 Å². The maximum absolute atomic E-state index is 4.66. The van der Waals surface area contributed by atoms with Gasteiger partial charge >= 0.3 is 133 Å². The quantitative estimate of drug-likeness (QED) is 0.260. The van der Waals surface area contributed by atoms with Crippen LogP contribution in [0.25, 0.3) is 0 Å². The first-order valence-electron chi connectivity index (χ1n) is 9.00. The van der Waals surface area contributed by atoms with Gasteiger partial charge in [0.25, 0.3) is 0 Å². The molecule has 0 N–H and O–H groups in total. The van der Waals surface area contributed by atoms with Gasteiger partial charge in [-0.2, -0.15) is 0 Å². The summed E-state index contributed by atoms with van der Waals surface area (Å²) in [6, 6.07) is 0. The topological polar surface area (TPSA) is 12.4 Å². The second-order valence-electron chi connectivity index (χ2n) is 6.94. The van der Waals surface area contributed by atoms with Gasteiger partial charge in [-0.05, 0) is 0 Å². The molecule has 0 aromatic rings. The predicted octanol–water partition coefficient (Wildman–Crippen LogP) is 6.71. The van der Waals surface area contributed by atoms with E-state index < -0.39 is 18.4 Å². The molecule has 0 saturated carbocycles. The minimum atomic E-state index is -2.16. The molecule has 0 aliphatic carbocycles. The number of unbranched alkanes of at least 4 members (excludes halogenated alkanes) is 3. The minimum absolute atomic E-state index is 0.435. The van der Waals surface area contributed by atoms with E-state index >= 15 is 0 Å². The number of nitrogens with zero attached hydrogens (tertiary/aromatic N) is 1. The van der Waals surface area contributed by atoms with Crippen LogP contribution in [0.4, 0.5) is 0 Å². The molecule has 0 unspecified atom stereocenters. The molecular formula is C18H39NSn. The van der Waals surface area contributed by atoms with Crippen LogP contribution in [-0.4, -0.2) is 31.1 Å². The number of hydrogen-bond acceptors (Lipinski definition) is 1.